The molecule has 1 rings (SSSR count). The van der Waals surface area contributed by atoms with E-state index in [1.165, 1.54) is 12.2 Å². The first-order valence-corrected chi connectivity index (χ1v) is 7.02. The Balaban J connectivity index is 2.47. The minimum absolute atomic E-state index is 0.211. The van der Waals surface area contributed by atoms with E-state index in [1.54, 1.807) is 14.1 Å². The Morgan fingerprint density at radius 2 is 1.67 bits per heavy atom. The SMILES string of the molecule is C[N+](C)(CCN1C(=O)C=CC1=O)CCS(=O)(=O)O. The standard InChI is InChI=1S/C10H16N2O5S/c1-12(2,7-8-18(15,16)17)6-5-11-9(13)3-4-10(11)14/h3-4H,5-8H2,1-2H3/p+1. The van der Waals surface area contributed by atoms with E-state index in [2.05, 4.69) is 0 Å². The number of hydrogen-bond acceptors (Lipinski definition) is 4. The Labute approximate surface area is 106 Å². The molecule has 18 heavy (non-hydrogen) atoms. The van der Waals surface area contributed by atoms with Crippen LogP contribution in [0.5, 0.6) is 0 Å². The van der Waals surface area contributed by atoms with Crippen molar-refractivity contribution in [3.05, 3.63) is 12.2 Å². The summed E-state index contributed by atoms with van der Waals surface area (Å²) >= 11 is 0. The van der Waals surface area contributed by atoms with Crippen molar-refractivity contribution in [2.24, 2.45) is 0 Å². The number of carbonyl (C=O) groups is 2. The van der Waals surface area contributed by atoms with Gasteiger partial charge in [0.15, 0.2) is 0 Å². The van der Waals surface area contributed by atoms with Gasteiger partial charge in [0.1, 0.15) is 5.75 Å². The average molecular weight is 277 g/mol. The molecule has 1 N–H and O–H groups in total. The maximum atomic E-state index is 11.3. The van der Waals surface area contributed by atoms with Gasteiger partial charge in [-0.25, -0.2) is 0 Å². The molecule has 0 saturated carbocycles. The first kappa shape index (κ1) is 14.8. The van der Waals surface area contributed by atoms with E-state index in [9.17, 15) is 18.0 Å². The summed E-state index contributed by atoms with van der Waals surface area (Å²) in [5, 5.41) is 0. The van der Waals surface area contributed by atoms with Gasteiger partial charge in [-0.15, -0.1) is 0 Å². The molecular weight excluding hydrogens is 260 g/mol. The van der Waals surface area contributed by atoms with Crippen LogP contribution in [0.1, 0.15) is 0 Å². The summed E-state index contributed by atoms with van der Waals surface area (Å²) in [6.07, 6.45) is 2.42. The maximum absolute atomic E-state index is 11.3. The monoisotopic (exact) mass is 277 g/mol. The smallest absolute Gasteiger partial charge is 0.270 e. The number of quaternary nitrogens is 1. The lowest BCUT2D eigenvalue weighted by atomic mass is 10.4. The van der Waals surface area contributed by atoms with Gasteiger partial charge in [-0.2, -0.15) is 8.42 Å². The van der Waals surface area contributed by atoms with E-state index in [-0.39, 0.29) is 35.1 Å². The molecule has 0 unspecified atom stereocenters. The number of amides is 2. The highest BCUT2D eigenvalue weighted by Crippen LogP contribution is 2.06. The molecule has 0 saturated heterocycles. The first-order valence-electron chi connectivity index (χ1n) is 5.41. The van der Waals surface area contributed by atoms with Gasteiger partial charge in [0.25, 0.3) is 21.9 Å². The zero-order chi connectivity index (χ0) is 14.0. The lowest BCUT2D eigenvalue weighted by Crippen LogP contribution is -2.48. The second-order valence-electron chi connectivity index (χ2n) is 4.83. The predicted octanol–water partition coefficient (Wildman–Crippen LogP) is -1.12. The predicted molar refractivity (Wildman–Crippen MR) is 64.1 cm³/mol. The molecule has 102 valence electrons. The zero-order valence-corrected chi connectivity index (χ0v) is 11.2. The van der Waals surface area contributed by atoms with Crippen molar-refractivity contribution in [1.29, 1.82) is 0 Å². The van der Waals surface area contributed by atoms with Crippen LogP contribution in [0.25, 0.3) is 0 Å². The molecule has 0 radical (unpaired) electrons. The second kappa shape index (κ2) is 5.17. The fourth-order valence-corrected chi connectivity index (χ4v) is 2.22. The highest BCUT2D eigenvalue weighted by atomic mass is 32.2. The van der Waals surface area contributed by atoms with Gasteiger partial charge in [0.05, 0.1) is 33.7 Å². The molecule has 1 aliphatic heterocycles. The molecule has 0 aromatic carbocycles. The number of imide groups is 1. The van der Waals surface area contributed by atoms with Crippen LogP contribution in [0, 0.1) is 0 Å². The Morgan fingerprint density at radius 3 is 2.11 bits per heavy atom. The molecule has 2 amide bonds. The summed E-state index contributed by atoms with van der Waals surface area (Å²) < 4.78 is 30.3. The summed E-state index contributed by atoms with van der Waals surface area (Å²) in [5.41, 5.74) is 0. The van der Waals surface area contributed by atoms with E-state index in [0.717, 1.165) is 4.90 Å². The quantitative estimate of drug-likeness (QED) is 0.377. The van der Waals surface area contributed by atoms with Crippen LogP contribution in [-0.4, -0.2) is 73.7 Å². The summed E-state index contributed by atoms with van der Waals surface area (Å²) in [6, 6.07) is 0. The van der Waals surface area contributed by atoms with Crippen molar-refractivity contribution in [1.82, 2.24) is 4.90 Å². The molecule has 0 fully saturated rings. The largest absolute Gasteiger partial charge is 0.326 e. The van der Waals surface area contributed by atoms with Crippen molar-refractivity contribution in [2.75, 3.05) is 39.5 Å². The lowest BCUT2D eigenvalue weighted by Gasteiger charge is -2.30. The van der Waals surface area contributed by atoms with Gasteiger partial charge >= 0.3 is 0 Å². The van der Waals surface area contributed by atoms with Gasteiger partial charge in [0.2, 0.25) is 0 Å². The van der Waals surface area contributed by atoms with E-state index in [0.29, 0.717) is 6.54 Å². The van der Waals surface area contributed by atoms with Crippen LogP contribution >= 0.6 is 0 Å². The Hall–Kier alpha value is -1.25. The van der Waals surface area contributed by atoms with Gasteiger partial charge < -0.3 is 4.48 Å². The molecule has 0 aromatic heterocycles. The van der Waals surface area contributed by atoms with Crippen LogP contribution in [0.3, 0.4) is 0 Å². The normalized spacial score (nSPS) is 16.7. The molecular formula is C10H17N2O5S+. The van der Waals surface area contributed by atoms with Crippen molar-refractivity contribution >= 4 is 21.9 Å². The third-order valence-corrected chi connectivity index (χ3v) is 3.48. The highest BCUT2D eigenvalue weighted by Gasteiger charge is 2.27. The van der Waals surface area contributed by atoms with Gasteiger partial charge in [0, 0.05) is 12.2 Å². The van der Waals surface area contributed by atoms with Crippen LogP contribution in [-0.2, 0) is 19.7 Å². The molecule has 0 aliphatic carbocycles. The summed E-state index contributed by atoms with van der Waals surface area (Å²) in [7, 11) is -0.457. The summed E-state index contributed by atoms with van der Waals surface area (Å²) in [5.74, 6) is -1.05. The fourth-order valence-electron chi connectivity index (χ4n) is 1.50. The minimum atomic E-state index is -3.99. The van der Waals surface area contributed by atoms with Crippen LogP contribution < -0.4 is 0 Å². The maximum Gasteiger partial charge on any atom is 0.270 e. The lowest BCUT2D eigenvalue weighted by molar-refractivity contribution is -0.887. The number of nitrogens with zero attached hydrogens (tertiary/aromatic N) is 2. The summed E-state index contributed by atoms with van der Waals surface area (Å²) in [4.78, 5) is 23.7. The van der Waals surface area contributed by atoms with Crippen LogP contribution in [0.2, 0.25) is 0 Å². The average Bonchev–Trinajstić information content (AvgIpc) is 2.53. The topological polar surface area (TPSA) is 91.8 Å². The number of hydrogen-bond donors (Lipinski definition) is 1. The Morgan fingerprint density at radius 1 is 1.17 bits per heavy atom. The third kappa shape index (κ3) is 4.55. The van der Waals surface area contributed by atoms with Crippen molar-refractivity contribution < 1.29 is 27.0 Å². The van der Waals surface area contributed by atoms with Gasteiger partial charge in [-0.3, -0.25) is 19.0 Å². The molecule has 1 heterocycles. The second-order valence-corrected chi connectivity index (χ2v) is 6.40. The molecule has 0 aromatic rings. The minimum Gasteiger partial charge on any atom is -0.326 e. The number of carbonyl (C=O) groups excluding carboxylic acids is 2. The molecule has 7 nitrogen and oxygen atoms in total. The number of rotatable bonds is 6. The third-order valence-electron chi connectivity index (χ3n) is 2.78. The van der Waals surface area contributed by atoms with Crippen LogP contribution in [0.15, 0.2) is 12.2 Å². The van der Waals surface area contributed by atoms with Crippen LogP contribution in [0.4, 0.5) is 0 Å². The van der Waals surface area contributed by atoms with Crippen molar-refractivity contribution in [2.45, 2.75) is 0 Å². The molecule has 0 spiro atoms. The Bertz CT molecular complexity index is 462. The molecule has 8 heteroatoms. The highest BCUT2D eigenvalue weighted by molar-refractivity contribution is 7.85. The molecule has 0 bridgehead atoms. The van der Waals surface area contributed by atoms with Gasteiger partial charge in [-0.1, -0.05) is 0 Å². The zero-order valence-electron chi connectivity index (χ0n) is 10.4. The molecule has 1 aliphatic rings. The van der Waals surface area contributed by atoms with Gasteiger partial charge in [-0.05, 0) is 0 Å². The number of likely N-dealkylation sites (N-methyl/N-ethyl adjacent to an activating group) is 1. The van der Waals surface area contributed by atoms with E-state index in [4.69, 9.17) is 4.55 Å². The first-order chi connectivity index (χ1) is 8.11. The Kier molecular flexibility index (Phi) is 4.25. The summed E-state index contributed by atoms with van der Waals surface area (Å²) in [6.45, 7) is 0.861. The van der Waals surface area contributed by atoms with E-state index in [1.807, 2.05) is 0 Å². The van der Waals surface area contributed by atoms with Crippen molar-refractivity contribution in [3.8, 4) is 0 Å². The van der Waals surface area contributed by atoms with E-state index >= 15 is 0 Å². The fraction of sp³-hybridized carbons (Fsp3) is 0.600. The molecule has 0 atom stereocenters. The van der Waals surface area contributed by atoms with E-state index < -0.39 is 10.1 Å². The van der Waals surface area contributed by atoms with Crippen molar-refractivity contribution in [3.63, 3.8) is 0 Å².